The summed E-state index contributed by atoms with van der Waals surface area (Å²) in [4.78, 5) is 12.0. The largest absolute Gasteiger partial charge is 0.462 e. The predicted octanol–water partition coefficient (Wildman–Crippen LogP) is 3.40. The van der Waals surface area contributed by atoms with Gasteiger partial charge in [-0.1, -0.05) is 42.5 Å². The molecule has 116 valence electrons. The Hall–Kier alpha value is -2.14. The van der Waals surface area contributed by atoms with E-state index in [2.05, 4.69) is 0 Å². The molecular weight excluding hydrogens is 300 g/mol. The van der Waals surface area contributed by atoms with Crippen LogP contribution in [0.15, 0.2) is 59.5 Å². The zero-order chi connectivity index (χ0) is 16.2. The lowest BCUT2D eigenvalue weighted by molar-refractivity contribution is 0.0522. The van der Waals surface area contributed by atoms with E-state index in [0.717, 1.165) is 0 Å². The van der Waals surface area contributed by atoms with Gasteiger partial charge in [-0.05, 0) is 31.5 Å². The number of hydrogen-bond acceptors (Lipinski definition) is 4. The van der Waals surface area contributed by atoms with Crippen molar-refractivity contribution >= 4 is 15.8 Å². The molecule has 0 heterocycles. The molecule has 1 atom stereocenters. The van der Waals surface area contributed by atoms with Gasteiger partial charge in [0.1, 0.15) is 0 Å². The molecule has 5 heteroatoms. The molecule has 0 N–H and O–H groups in total. The molecule has 22 heavy (non-hydrogen) atoms. The summed E-state index contributed by atoms with van der Waals surface area (Å²) < 4.78 is 30.7. The maximum absolute atomic E-state index is 12.9. The van der Waals surface area contributed by atoms with Gasteiger partial charge >= 0.3 is 5.97 Å². The number of carbonyl (C=O) groups is 1. The van der Waals surface area contributed by atoms with Crippen LogP contribution in [0.2, 0.25) is 0 Å². The van der Waals surface area contributed by atoms with E-state index in [1.54, 1.807) is 50.2 Å². The molecule has 0 bridgehead atoms. The molecule has 2 aromatic carbocycles. The average molecular weight is 318 g/mol. The topological polar surface area (TPSA) is 60.4 Å². The van der Waals surface area contributed by atoms with Gasteiger partial charge in [-0.3, -0.25) is 0 Å². The number of hydrogen-bond donors (Lipinski definition) is 0. The minimum Gasteiger partial charge on any atom is -0.462 e. The molecule has 0 aliphatic heterocycles. The van der Waals surface area contributed by atoms with Gasteiger partial charge in [0.2, 0.25) is 0 Å². The van der Waals surface area contributed by atoms with Gasteiger partial charge in [0.25, 0.3) is 0 Å². The summed E-state index contributed by atoms with van der Waals surface area (Å²) in [6, 6.07) is 15.1. The number of sulfone groups is 1. The van der Waals surface area contributed by atoms with Gasteiger partial charge in [0.15, 0.2) is 9.84 Å². The minimum absolute atomic E-state index is 0.00445. The number of benzene rings is 2. The van der Waals surface area contributed by atoms with Gasteiger partial charge in [-0.2, -0.15) is 0 Å². The highest BCUT2D eigenvalue weighted by atomic mass is 32.2. The van der Waals surface area contributed by atoms with E-state index in [1.807, 2.05) is 6.07 Å². The molecule has 0 spiro atoms. The standard InChI is InChI=1S/C17H18O4S/c1-3-21-17(18)15-11-7-8-12-16(15)22(19,20)13(2)14-9-5-4-6-10-14/h4-13H,3H2,1-2H3. The summed E-state index contributed by atoms with van der Waals surface area (Å²) in [5.74, 6) is -0.623. The zero-order valence-corrected chi connectivity index (χ0v) is 13.3. The quantitative estimate of drug-likeness (QED) is 0.793. The molecule has 0 amide bonds. The third kappa shape index (κ3) is 3.20. The first-order valence-electron chi connectivity index (χ1n) is 7.03. The average Bonchev–Trinajstić information content (AvgIpc) is 2.55. The summed E-state index contributed by atoms with van der Waals surface area (Å²) in [6.07, 6.45) is 0. The van der Waals surface area contributed by atoms with Crippen molar-refractivity contribution in [1.29, 1.82) is 0 Å². The summed E-state index contributed by atoms with van der Waals surface area (Å²) in [6.45, 7) is 3.50. The summed E-state index contributed by atoms with van der Waals surface area (Å²) in [5.41, 5.74) is 0.758. The van der Waals surface area contributed by atoms with Crippen LogP contribution in [-0.2, 0) is 14.6 Å². The lowest BCUT2D eigenvalue weighted by atomic mass is 10.2. The summed E-state index contributed by atoms with van der Waals surface area (Å²) >= 11 is 0. The van der Waals surface area contributed by atoms with Gasteiger partial charge in [0.05, 0.1) is 22.3 Å². The van der Waals surface area contributed by atoms with Crippen LogP contribution in [0.5, 0.6) is 0 Å². The molecule has 0 aliphatic rings. The normalized spacial score (nSPS) is 12.6. The molecule has 0 aromatic heterocycles. The Morgan fingerprint density at radius 3 is 2.27 bits per heavy atom. The van der Waals surface area contributed by atoms with Crippen molar-refractivity contribution < 1.29 is 17.9 Å². The maximum Gasteiger partial charge on any atom is 0.339 e. The van der Waals surface area contributed by atoms with Gasteiger partial charge in [-0.15, -0.1) is 0 Å². The van der Waals surface area contributed by atoms with Crippen molar-refractivity contribution in [2.24, 2.45) is 0 Å². The van der Waals surface area contributed by atoms with Crippen LogP contribution >= 0.6 is 0 Å². The molecule has 0 radical (unpaired) electrons. The Morgan fingerprint density at radius 2 is 1.64 bits per heavy atom. The Balaban J connectivity index is 2.49. The van der Waals surface area contributed by atoms with Crippen molar-refractivity contribution in [3.05, 3.63) is 65.7 Å². The zero-order valence-electron chi connectivity index (χ0n) is 12.5. The van der Waals surface area contributed by atoms with Crippen LogP contribution in [0, 0.1) is 0 Å². The molecule has 2 aromatic rings. The lowest BCUT2D eigenvalue weighted by Gasteiger charge is -2.15. The van der Waals surface area contributed by atoms with Crippen LogP contribution in [0.1, 0.15) is 35.0 Å². The van der Waals surface area contributed by atoms with Gasteiger partial charge in [-0.25, -0.2) is 13.2 Å². The van der Waals surface area contributed by atoms with Crippen molar-refractivity contribution in [1.82, 2.24) is 0 Å². The fourth-order valence-corrected chi connectivity index (χ4v) is 3.81. The van der Waals surface area contributed by atoms with Crippen molar-refractivity contribution in [3.8, 4) is 0 Å². The molecule has 2 rings (SSSR count). The summed E-state index contributed by atoms with van der Waals surface area (Å²) in [7, 11) is -3.69. The van der Waals surface area contributed by atoms with Gasteiger partial charge in [0, 0.05) is 0 Å². The minimum atomic E-state index is -3.69. The molecule has 0 aliphatic carbocycles. The second-order valence-corrected chi connectivity index (χ2v) is 7.05. The maximum atomic E-state index is 12.9. The Kier molecular flexibility index (Phi) is 4.98. The van der Waals surface area contributed by atoms with Crippen molar-refractivity contribution in [2.45, 2.75) is 24.0 Å². The highest BCUT2D eigenvalue weighted by Crippen LogP contribution is 2.30. The molecule has 4 nitrogen and oxygen atoms in total. The molecular formula is C17H18O4S. The molecule has 0 saturated heterocycles. The first-order valence-corrected chi connectivity index (χ1v) is 8.58. The van der Waals surface area contributed by atoms with Crippen LogP contribution in [0.3, 0.4) is 0 Å². The fraction of sp³-hybridized carbons (Fsp3) is 0.235. The number of rotatable bonds is 5. The van der Waals surface area contributed by atoms with Crippen LogP contribution in [0.25, 0.3) is 0 Å². The van der Waals surface area contributed by atoms with E-state index in [4.69, 9.17) is 4.74 Å². The number of ether oxygens (including phenoxy) is 1. The van der Waals surface area contributed by atoms with Crippen molar-refractivity contribution in [2.75, 3.05) is 6.61 Å². The SMILES string of the molecule is CCOC(=O)c1ccccc1S(=O)(=O)C(C)c1ccccc1. The van der Waals surface area contributed by atoms with E-state index in [0.29, 0.717) is 5.56 Å². The lowest BCUT2D eigenvalue weighted by Crippen LogP contribution is -2.16. The first-order chi connectivity index (χ1) is 10.5. The number of carbonyl (C=O) groups excluding carboxylic acids is 1. The van der Waals surface area contributed by atoms with E-state index < -0.39 is 21.1 Å². The van der Waals surface area contributed by atoms with E-state index in [1.165, 1.54) is 12.1 Å². The molecule has 1 unspecified atom stereocenters. The fourth-order valence-electron chi connectivity index (χ4n) is 2.19. The predicted molar refractivity (Wildman–Crippen MR) is 84.4 cm³/mol. The second kappa shape index (κ2) is 6.75. The monoisotopic (exact) mass is 318 g/mol. The highest BCUT2D eigenvalue weighted by Gasteiger charge is 2.29. The van der Waals surface area contributed by atoms with E-state index in [-0.39, 0.29) is 17.1 Å². The third-order valence-corrected chi connectivity index (χ3v) is 5.60. The van der Waals surface area contributed by atoms with Gasteiger partial charge < -0.3 is 4.74 Å². The summed E-state index contributed by atoms with van der Waals surface area (Å²) in [5, 5.41) is -0.746. The smallest absolute Gasteiger partial charge is 0.339 e. The van der Waals surface area contributed by atoms with Crippen molar-refractivity contribution in [3.63, 3.8) is 0 Å². The van der Waals surface area contributed by atoms with Crippen LogP contribution in [0.4, 0.5) is 0 Å². The number of esters is 1. The highest BCUT2D eigenvalue weighted by molar-refractivity contribution is 7.91. The second-order valence-electron chi connectivity index (χ2n) is 4.81. The Bertz CT molecular complexity index is 751. The van der Waals surface area contributed by atoms with Crippen LogP contribution < -0.4 is 0 Å². The van der Waals surface area contributed by atoms with E-state index in [9.17, 15) is 13.2 Å². The Morgan fingerprint density at radius 1 is 1.05 bits per heavy atom. The molecule has 0 saturated carbocycles. The third-order valence-electron chi connectivity index (χ3n) is 3.42. The first kappa shape index (κ1) is 16.2. The van der Waals surface area contributed by atoms with E-state index >= 15 is 0 Å². The Labute approximate surface area is 130 Å². The van der Waals surface area contributed by atoms with Crippen LogP contribution in [-0.4, -0.2) is 21.0 Å². The molecule has 0 fully saturated rings.